The van der Waals surface area contributed by atoms with Gasteiger partial charge in [0.15, 0.2) is 0 Å². The zero-order chi connectivity index (χ0) is 12.3. The van der Waals surface area contributed by atoms with Gasteiger partial charge in [-0.1, -0.05) is 0 Å². The van der Waals surface area contributed by atoms with Gasteiger partial charge < -0.3 is 0 Å². The highest BCUT2D eigenvalue weighted by molar-refractivity contribution is 7.01. The highest BCUT2D eigenvalue weighted by Gasteiger charge is 2.17. The third-order valence-corrected chi connectivity index (χ3v) is 4.01. The van der Waals surface area contributed by atoms with Crippen molar-refractivity contribution < 1.29 is 0 Å². The fourth-order valence-electron chi connectivity index (χ4n) is 1.93. The van der Waals surface area contributed by atoms with Crippen LogP contribution < -0.4 is 0 Å². The highest BCUT2D eigenvalue weighted by Crippen LogP contribution is 2.30. The number of benzene rings is 1. The van der Waals surface area contributed by atoms with Gasteiger partial charge in [-0.3, -0.25) is 0 Å². The van der Waals surface area contributed by atoms with Gasteiger partial charge in [-0.05, 0) is 13.8 Å². The second-order valence-electron chi connectivity index (χ2n) is 4.01. The molecule has 0 amide bonds. The first kappa shape index (κ1) is 10.2. The second kappa shape index (κ2) is 3.36. The van der Waals surface area contributed by atoms with Crippen LogP contribution in [0.3, 0.4) is 0 Å². The van der Waals surface area contributed by atoms with E-state index in [1.54, 1.807) is 0 Å². The molecule has 0 bridgehead atoms. The molecular weight excluding hydrogens is 268 g/mol. The Balaban J connectivity index is 2.43. The average Bonchev–Trinajstić information content (AvgIpc) is 2.97. The maximum absolute atomic E-state index is 4.58. The number of aryl methyl sites for hydroxylation is 2. The molecule has 4 rings (SSSR count). The van der Waals surface area contributed by atoms with Crippen molar-refractivity contribution >= 4 is 56.6 Å². The first-order valence-electron chi connectivity index (χ1n) is 5.27. The number of fused-ring (bicyclic) bond motifs is 6. The minimum absolute atomic E-state index is 0.766. The van der Waals surface area contributed by atoms with Crippen LogP contribution in [0.4, 0.5) is 0 Å². The van der Waals surface area contributed by atoms with Crippen molar-refractivity contribution in [2.75, 3.05) is 0 Å². The Morgan fingerprint density at radius 1 is 0.556 bits per heavy atom. The summed E-state index contributed by atoms with van der Waals surface area (Å²) in [6, 6.07) is 0. The summed E-state index contributed by atoms with van der Waals surface area (Å²) < 4.78 is 17.2. The molecule has 0 N–H and O–H groups in total. The van der Waals surface area contributed by atoms with Crippen LogP contribution in [0.15, 0.2) is 0 Å². The van der Waals surface area contributed by atoms with Gasteiger partial charge in [-0.25, -0.2) is 9.97 Å². The van der Waals surface area contributed by atoms with E-state index in [1.807, 2.05) is 13.8 Å². The van der Waals surface area contributed by atoms with Crippen LogP contribution in [-0.2, 0) is 0 Å². The molecule has 0 saturated heterocycles. The smallest absolute Gasteiger partial charge is 0.136 e. The van der Waals surface area contributed by atoms with Crippen LogP contribution in [0.25, 0.3) is 33.1 Å². The number of hydrogen-bond acceptors (Lipinski definition) is 8. The lowest BCUT2D eigenvalue weighted by molar-refractivity contribution is 1.11. The molecular formula is C10H6N6S2. The molecule has 4 aromatic rings. The van der Waals surface area contributed by atoms with Gasteiger partial charge >= 0.3 is 0 Å². The zero-order valence-corrected chi connectivity index (χ0v) is 11.1. The Morgan fingerprint density at radius 2 is 0.889 bits per heavy atom. The van der Waals surface area contributed by atoms with Gasteiger partial charge in [0, 0.05) is 0 Å². The van der Waals surface area contributed by atoms with Gasteiger partial charge in [-0.2, -0.15) is 17.5 Å². The van der Waals surface area contributed by atoms with Crippen LogP contribution in [-0.4, -0.2) is 27.5 Å². The van der Waals surface area contributed by atoms with Crippen LogP contribution >= 0.6 is 23.5 Å². The predicted molar refractivity (Wildman–Crippen MR) is 71.0 cm³/mol. The summed E-state index contributed by atoms with van der Waals surface area (Å²) in [4.78, 5) is 9.17. The minimum atomic E-state index is 0.766. The number of rotatable bonds is 0. The standard InChI is InChI=1S/C10H6N6S2/c1-3-4(2)12-6-5(11-3)7-9(15-17-13-7)10-8(6)14-18-16-10/h1-2H3. The van der Waals surface area contributed by atoms with Crippen LogP contribution in [0.2, 0.25) is 0 Å². The Morgan fingerprint density at radius 3 is 1.28 bits per heavy atom. The number of nitrogens with zero attached hydrogens (tertiary/aromatic N) is 6. The lowest BCUT2D eigenvalue weighted by atomic mass is 10.2. The topological polar surface area (TPSA) is 77.3 Å². The number of aromatic nitrogens is 6. The van der Waals surface area contributed by atoms with Crippen molar-refractivity contribution in [2.45, 2.75) is 13.8 Å². The monoisotopic (exact) mass is 274 g/mol. The molecule has 0 fully saturated rings. The molecule has 3 aromatic heterocycles. The summed E-state index contributed by atoms with van der Waals surface area (Å²) in [5.74, 6) is 0. The summed E-state index contributed by atoms with van der Waals surface area (Å²) in [7, 11) is 0. The van der Waals surface area contributed by atoms with E-state index in [9.17, 15) is 0 Å². The van der Waals surface area contributed by atoms with E-state index in [2.05, 4.69) is 27.5 Å². The molecule has 18 heavy (non-hydrogen) atoms. The molecule has 1 aromatic carbocycles. The first-order chi connectivity index (χ1) is 8.75. The summed E-state index contributed by atoms with van der Waals surface area (Å²) in [5.41, 5.74) is 6.42. The molecule has 0 saturated carbocycles. The quantitative estimate of drug-likeness (QED) is 0.489. The fraction of sp³-hybridized carbons (Fsp3) is 0.200. The van der Waals surface area contributed by atoms with Crippen LogP contribution in [0, 0.1) is 13.8 Å². The van der Waals surface area contributed by atoms with Crippen molar-refractivity contribution in [3.05, 3.63) is 11.4 Å². The van der Waals surface area contributed by atoms with E-state index in [4.69, 9.17) is 0 Å². The third-order valence-electron chi connectivity index (χ3n) is 2.96. The summed E-state index contributed by atoms with van der Waals surface area (Å²) in [6.45, 7) is 3.88. The van der Waals surface area contributed by atoms with Crippen molar-refractivity contribution in [2.24, 2.45) is 0 Å². The van der Waals surface area contributed by atoms with Crippen LogP contribution in [0.1, 0.15) is 11.4 Å². The highest BCUT2D eigenvalue weighted by atomic mass is 32.1. The molecule has 0 aliphatic rings. The zero-order valence-electron chi connectivity index (χ0n) is 9.50. The summed E-state index contributed by atoms with van der Waals surface area (Å²) in [5, 5.41) is 0. The predicted octanol–water partition coefficient (Wildman–Crippen LogP) is 2.26. The molecule has 0 radical (unpaired) electrons. The van der Waals surface area contributed by atoms with E-state index in [-0.39, 0.29) is 0 Å². The molecule has 88 valence electrons. The van der Waals surface area contributed by atoms with Gasteiger partial charge in [0.05, 0.1) is 34.8 Å². The average molecular weight is 274 g/mol. The minimum Gasteiger partial charge on any atom is -0.247 e. The summed E-state index contributed by atoms with van der Waals surface area (Å²) >= 11 is 2.33. The van der Waals surface area contributed by atoms with Gasteiger partial charge in [0.2, 0.25) is 0 Å². The molecule has 8 heteroatoms. The SMILES string of the molecule is Cc1nc2c3nsnc3c3nsnc3c2nc1C. The Hall–Kier alpha value is -1.80. The van der Waals surface area contributed by atoms with Gasteiger partial charge in [0.1, 0.15) is 33.1 Å². The van der Waals surface area contributed by atoms with E-state index in [1.165, 1.54) is 23.5 Å². The Kier molecular flexibility index (Phi) is 1.90. The molecule has 0 spiro atoms. The lowest BCUT2D eigenvalue weighted by Crippen LogP contribution is -1.95. The summed E-state index contributed by atoms with van der Waals surface area (Å²) in [6.07, 6.45) is 0. The van der Waals surface area contributed by atoms with Crippen LogP contribution in [0.5, 0.6) is 0 Å². The van der Waals surface area contributed by atoms with Crippen molar-refractivity contribution in [1.82, 2.24) is 27.5 Å². The van der Waals surface area contributed by atoms with E-state index in [0.29, 0.717) is 0 Å². The molecule has 0 atom stereocenters. The van der Waals surface area contributed by atoms with Crippen molar-refractivity contribution in [3.63, 3.8) is 0 Å². The van der Waals surface area contributed by atoms with Crippen molar-refractivity contribution in [1.29, 1.82) is 0 Å². The maximum Gasteiger partial charge on any atom is 0.136 e. The molecule has 6 nitrogen and oxygen atoms in total. The third kappa shape index (κ3) is 1.16. The fourth-order valence-corrected chi connectivity index (χ4v) is 3.03. The van der Waals surface area contributed by atoms with E-state index in [0.717, 1.165) is 44.5 Å². The largest absolute Gasteiger partial charge is 0.247 e. The second-order valence-corrected chi connectivity index (χ2v) is 5.07. The molecule has 0 aliphatic heterocycles. The Bertz CT molecular complexity index is 834. The normalized spacial score (nSPS) is 11.9. The number of hydrogen-bond donors (Lipinski definition) is 0. The van der Waals surface area contributed by atoms with Gasteiger partial charge in [0.25, 0.3) is 0 Å². The first-order valence-corrected chi connectivity index (χ1v) is 6.73. The molecule has 3 heterocycles. The molecule has 0 unspecified atom stereocenters. The lowest BCUT2D eigenvalue weighted by Gasteiger charge is -2.02. The Labute approximate surface area is 109 Å². The maximum atomic E-state index is 4.58. The molecule has 0 aliphatic carbocycles. The van der Waals surface area contributed by atoms with Crippen molar-refractivity contribution in [3.8, 4) is 0 Å². The van der Waals surface area contributed by atoms with Gasteiger partial charge in [-0.15, -0.1) is 0 Å². The van der Waals surface area contributed by atoms with E-state index < -0.39 is 0 Å². The van der Waals surface area contributed by atoms with E-state index >= 15 is 0 Å².